The molecule has 0 saturated heterocycles. The van der Waals surface area contributed by atoms with Crippen LogP contribution in [-0.2, 0) is 13.1 Å². The van der Waals surface area contributed by atoms with Gasteiger partial charge in [0.2, 0.25) is 0 Å². The van der Waals surface area contributed by atoms with Crippen LogP contribution >= 0.6 is 11.6 Å². The minimum absolute atomic E-state index is 0.479. The Bertz CT molecular complexity index is 528. The minimum atomic E-state index is 0.479. The van der Waals surface area contributed by atoms with E-state index in [1.807, 2.05) is 25.2 Å². The number of ether oxygens (including phenoxy) is 1. The van der Waals surface area contributed by atoms with E-state index < -0.39 is 0 Å². The molecule has 0 aliphatic carbocycles. The van der Waals surface area contributed by atoms with Crippen molar-refractivity contribution in [3.05, 3.63) is 34.6 Å². The Balaban J connectivity index is 2.30. The third-order valence-corrected chi connectivity index (χ3v) is 2.90. The number of benzene rings is 1. The predicted octanol–water partition coefficient (Wildman–Crippen LogP) is 1.10. The third kappa shape index (κ3) is 2.60. The zero-order valence-electron chi connectivity index (χ0n) is 10.2. The van der Waals surface area contributed by atoms with Gasteiger partial charge in [0.15, 0.2) is 5.82 Å². The van der Waals surface area contributed by atoms with Crippen LogP contribution in [0, 0.1) is 0 Å². The molecule has 96 valence electrons. The first-order valence-corrected chi connectivity index (χ1v) is 5.85. The van der Waals surface area contributed by atoms with Crippen LogP contribution in [0.15, 0.2) is 18.2 Å². The highest BCUT2D eigenvalue weighted by molar-refractivity contribution is 6.31. The van der Waals surface area contributed by atoms with E-state index in [4.69, 9.17) is 16.3 Å². The molecule has 0 amide bonds. The van der Waals surface area contributed by atoms with Gasteiger partial charge in [-0.15, -0.1) is 5.10 Å². The first-order chi connectivity index (χ1) is 8.76. The van der Waals surface area contributed by atoms with Crippen LogP contribution < -0.4 is 10.1 Å². The Hall–Kier alpha value is -1.66. The highest BCUT2D eigenvalue weighted by atomic mass is 35.5. The number of nitrogens with one attached hydrogen (secondary N) is 1. The Labute approximate surface area is 110 Å². The van der Waals surface area contributed by atoms with Gasteiger partial charge >= 0.3 is 0 Å². The van der Waals surface area contributed by atoms with Crippen LogP contribution in [0.3, 0.4) is 0 Å². The van der Waals surface area contributed by atoms with Gasteiger partial charge in [0, 0.05) is 10.6 Å². The van der Waals surface area contributed by atoms with Gasteiger partial charge in [0.1, 0.15) is 5.75 Å². The molecule has 2 rings (SSSR count). The summed E-state index contributed by atoms with van der Waals surface area (Å²) in [6.07, 6.45) is 0. The molecule has 0 atom stereocenters. The molecule has 0 aliphatic rings. The average Bonchev–Trinajstić information content (AvgIpc) is 2.80. The summed E-state index contributed by atoms with van der Waals surface area (Å²) < 4.78 is 6.99. The molecule has 18 heavy (non-hydrogen) atoms. The molecule has 2 aromatic rings. The Morgan fingerprint density at radius 3 is 3.00 bits per heavy atom. The molecule has 7 heteroatoms. The second-order valence-electron chi connectivity index (χ2n) is 3.70. The monoisotopic (exact) mass is 267 g/mol. The molecule has 0 unspecified atom stereocenters. The molecule has 0 spiro atoms. The van der Waals surface area contributed by atoms with Gasteiger partial charge < -0.3 is 10.1 Å². The van der Waals surface area contributed by atoms with Crippen LogP contribution in [0.1, 0.15) is 11.4 Å². The summed E-state index contributed by atoms with van der Waals surface area (Å²) in [4.78, 5) is 0. The van der Waals surface area contributed by atoms with E-state index in [1.165, 1.54) is 0 Å². The van der Waals surface area contributed by atoms with Crippen LogP contribution in [0.4, 0.5) is 0 Å². The van der Waals surface area contributed by atoms with Gasteiger partial charge in [0.25, 0.3) is 0 Å². The van der Waals surface area contributed by atoms with E-state index in [1.54, 1.807) is 11.8 Å². The molecule has 0 saturated carbocycles. The zero-order chi connectivity index (χ0) is 13.0. The summed E-state index contributed by atoms with van der Waals surface area (Å²) in [5, 5.41) is 15.2. The topological polar surface area (TPSA) is 64.9 Å². The van der Waals surface area contributed by atoms with E-state index in [-0.39, 0.29) is 0 Å². The van der Waals surface area contributed by atoms with Crippen molar-refractivity contribution in [2.24, 2.45) is 0 Å². The van der Waals surface area contributed by atoms with Crippen molar-refractivity contribution in [1.29, 1.82) is 0 Å². The number of halogens is 1. The fraction of sp³-hybridized carbons (Fsp3) is 0.364. The Morgan fingerprint density at radius 1 is 1.44 bits per heavy atom. The lowest BCUT2D eigenvalue weighted by Gasteiger charge is -2.11. The van der Waals surface area contributed by atoms with Crippen molar-refractivity contribution in [1.82, 2.24) is 25.5 Å². The second-order valence-corrected chi connectivity index (χ2v) is 4.11. The van der Waals surface area contributed by atoms with Crippen molar-refractivity contribution in [3.8, 4) is 5.75 Å². The van der Waals surface area contributed by atoms with Crippen molar-refractivity contribution in [2.45, 2.75) is 13.1 Å². The van der Waals surface area contributed by atoms with Crippen LogP contribution in [0.2, 0.25) is 5.02 Å². The second kappa shape index (κ2) is 5.79. The van der Waals surface area contributed by atoms with Crippen LogP contribution in [0.5, 0.6) is 5.75 Å². The highest BCUT2D eigenvalue weighted by Crippen LogP contribution is 2.26. The number of hydrogen-bond acceptors (Lipinski definition) is 5. The molecule has 1 aromatic heterocycles. The van der Waals surface area contributed by atoms with Crippen molar-refractivity contribution in [2.75, 3.05) is 14.2 Å². The maximum atomic E-state index is 6.18. The Kier molecular flexibility index (Phi) is 4.11. The third-order valence-electron chi connectivity index (χ3n) is 2.54. The molecule has 1 N–H and O–H groups in total. The summed E-state index contributed by atoms with van der Waals surface area (Å²) in [5.74, 6) is 1.48. The predicted molar refractivity (Wildman–Crippen MR) is 67.7 cm³/mol. The molecule has 1 heterocycles. The smallest absolute Gasteiger partial charge is 0.165 e. The number of methoxy groups -OCH3 is 1. The number of hydrogen-bond donors (Lipinski definition) is 1. The van der Waals surface area contributed by atoms with Gasteiger partial charge in [-0.25, -0.2) is 4.68 Å². The first kappa shape index (κ1) is 12.8. The van der Waals surface area contributed by atoms with E-state index >= 15 is 0 Å². The van der Waals surface area contributed by atoms with Gasteiger partial charge in [-0.2, -0.15) is 0 Å². The van der Waals surface area contributed by atoms with Gasteiger partial charge in [-0.3, -0.25) is 0 Å². The highest BCUT2D eigenvalue weighted by Gasteiger charge is 2.12. The summed E-state index contributed by atoms with van der Waals surface area (Å²) in [6.45, 7) is 1.08. The molecule has 6 nitrogen and oxygen atoms in total. The lowest BCUT2D eigenvalue weighted by atomic mass is 10.2. The van der Waals surface area contributed by atoms with E-state index in [0.29, 0.717) is 18.1 Å². The molecular formula is C11H14ClN5O. The van der Waals surface area contributed by atoms with Crippen molar-refractivity contribution in [3.63, 3.8) is 0 Å². The van der Waals surface area contributed by atoms with E-state index in [2.05, 4.69) is 20.8 Å². The maximum absolute atomic E-state index is 6.18. The summed E-state index contributed by atoms with van der Waals surface area (Å²) in [5.41, 5.74) is 0.867. The quantitative estimate of drug-likeness (QED) is 0.879. The molecule has 1 aromatic carbocycles. The standard InChI is InChI=1S/C11H14ClN5O/c1-13-6-11-14-15-16-17(11)7-8-9(12)4-3-5-10(8)18-2/h3-5,13H,6-7H2,1-2H3. The summed E-state index contributed by atoms with van der Waals surface area (Å²) in [6, 6.07) is 5.53. The zero-order valence-corrected chi connectivity index (χ0v) is 11.0. The molecule has 0 fully saturated rings. The van der Waals surface area contributed by atoms with Gasteiger partial charge in [-0.1, -0.05) is 17.7 Å². The average molecular weight is 268 g/mol. The van der Waals surface area contributed by atoms with E-state index in [9.17, 15) is 0 Å². The summed E-state index contributed by atoms with van der Waals surface area (Å²) in [7, 11) is 3.46. The largest absolute Gasteiger partial charge is 0.496 e. The number of aromatic nitrogens is 4. The first-order valence-electron chi connectivity index (χ1n) is 5.47. The minimum Gasteiger partial charge on any atom is -0.496 e. The molecule has 0 aliphatic heterocycles. The summed E-state index contributed by atoms with van der Waals surface area (Å²) >= 11 is 6.18. The van der Waals surface area contributed by atoms with Crippen LogP contribution in [-0.4, -0.2) is 34.4 Å². The number of rotatable bonds is 5. The van der Waals surface area contributed by atoms with Crippen LogP contribution in [0.25, 0.3) is 0 Å². The normalized spacial score (nSPS) is 10.6. The lowest BCUT2D eigenvalue weighted by molar-refractivity contribution is 0.406. The number of nitrogens with zero attached hydrogens (tertiary/aromatic N) is 4. The fourth-order valence-corrected chi connectivity index (χ4v) is 1.89. The molecule has 0 bridgehead atoms. The van der Waals surface area contributed by atoms with Gasteiger partial charge in [0.05, 0.1) is 20.2 Å². The Morgan fingerprint density at radius 2 is 2.28 bits per heavy atom. The maximum Gasteiger partial charge on any atom is 0.165 e. The molecule has 0 radical (unpaired) electrons. The number of tetrazole rings is 1. The SMILES string of the molecule is CNCc1nnnn1Cc1c(Cl)cccc1OC. The lowest BCUT2D eigenvalue weighted by Crippen LogP contribution is -2.14. The van der Waals surface area contributed by atoms with Gasteiger partial charge in [-0.05, 0) is 29.6 Å². The van der Waals surface area contributed by atoms with E-state index in [0.717, 1.165) is 17.1 Å². The fourth-order valence-electron chi connectivity index (χ4n) is 1.66. The van der Waals surface area contributed by atoms with Crippen molar-refractivity contribution < 1.29 is 4.74 Å². The molecular weight excluding hydrogens is 254 g/mol. The van der Waals surface area contributed by atoms with Crippen molar-refractivity contribution >= 4 is 11.6 Å².